The largest absolute Gasteiger partial charge is 0.493 e. The van der Waals surface area contributed by atoms with Gasteiger partial charge in [0, 0.05) is 12.6 Å². The van der Waals surface area contributed by atoms with E-state index in [9.17, 15) is 4.79 Å². The molecule has 5 nitrogen and oxygen atoms in total. The van der Waals surface area contributed by atoms with E-state index >= 15 is 0 Å². The van der Waals surface area contributed by atoms with Crippen molar-refractivity contribution < 1.29 is 14.3 Å². The summed E-state index contributed by atoms with van der Waals surface area (Å²) >= 11 is 0. The van der Waals surface area contributed by atoms with Gasteiger partial charge < -0.3 is 9.47 Å². The van der Waals surface area contributed by atoms with Crippen LogP contribution in [0.4, 0.5) is 0 Å². The van der Waals surface area contributed by atoms with Crippen LogP contribution in [0.25, 0.3) is 0 Å². The van der Waals surface area contributed by atoms with Crippen molar-refractivity contribution in [2.24, 2.45) is 0 Å². The number of methoxy groups -OCH3 is 1. The zero-order chi connectivity index (χ0) is 12.4. The van der Waals surface area contributed by atoms with E-state index in [2.05, 4.69) is 5.10 Å². The Bertz CT molecular complexity index is 406. The third-order valence-electron chi connectivity index (χ3n) is 2.93. The summed E-state index contributed by atoms with van der Waals surface area (Å²) in [4.78, 5) is 12.3. The molecule has 1 aliphatic heterocycles. The van der Waals surface area contributed by atoms with E-state index in [1.165, 1.54) is 0 Å². The molecule has 0 spiro atoms. The SMILES string of the molecule is COc1cnn(C(C)C)c1C(=O)C1CCCO1. The maximum absolute atomic E-state index is 12.3. The Kier molecular flexibility index (Phi) is 3.47. The van der Waals surface area contributed by atoms with Gasteiger partial charge in [-0.3, -0.25) is 9.48 Å². The first kappa shape index (κ1) is 12.1. The van der Waals surface area contributed by atoms with Crippen LogP contribution >= 0.6 is 0 Å². The molecule has 1 unspecified atom stereocenters. The van der Waals surface area contributed by atoms with Crippen molar-refractivity contribution in [2.45, 2.75) is 38.8 Å². The van der Waals surface area contributed by atoms with Crippen molar-refractivity contribution in [1.29, 1.82) is 0 Å². The first-order valence-corrected chi connectivity index (χ1v) is 5.92. The van der Waals surface area contributed by atoms with Crippen LogP contribution in [0.5, 0.6) is 5.75 Å². The highest BCUT2D eigenvalue weighted by Crippen LogP contribution is 2.26. The summed E-state index contributed by atoms with van der Waals surface area (Å²) in [5, 5.41) is 4.19. The second-order valence-corrected chi connectivity index (χ2v) is 4.47. The molecule has 1 atom stereocenters. The Morgan fingerprint density at radius 3 is 2.94 bits per heavy atom. The van der Waals surface area contributed by atoms with Gasteiger partial charge in [-0.2, -0.15) is 5.10 Å². The highest BCUT2D eigenvalue weighted by Gasteiger charge is 2.30. The lowest BCUT2D eigenvalue weighted by Gasteiger charge is -2.14. The average Bonchev–Trinajstić information content (AvgIpc) is 2.96. The first-order chi connectivity index (χ1) is 8.15. The fourth-order valence-corrected chi connectivity index (χ4v) is 2.06. The van der Waals surface area contributed by atoms with E-state index in [-0.39, 0.29) is 17.9 Å². The van der Waals surface area contributed by atoms with Crippen molar-refractivity contribution >= 4 is 5.78 Å². The van der Waals surface area contributed by atoms with E-state index in [0.29, 0.717) is 18.1 Å². The molecule has 0 N–H and O–H groups in total. The summed E-state index contributed by atoms with van der Waals surface area (Å²) in [6, 6.07) is 0.124. The van der Waals surface area contributed by atoms with E-state index < -0.39 is 0 Å². The van der Waals surface area contributed by atoms with Gasteiger partial charge in [0.25, 0.3) is 0 Å². The van der Waals surface area contributed by atoms with Gasteiger partial charge in [-0.05, 0) is 26.7 Å². The van der Waals surface area contributed by atoms with Gasteiger partial charge in [-0.15, -0.1) is 0 Å². The Labute approximate surface area is 101 Å². The predicted octanol–water partition coefficient (Wildman–Crippen LogP) is 1.83. The van der Waals surface area contributed by atoms with Crippen molar-refractivity contribution in [2.75, 3.05) is 13.7 Å². The van der Waals surface area contributed by atoms with Gasteiger partial charge in [-0.1, -0.05) is 0 Å². The Morgan fingerprint density at radius 1 is 1.65 bits per heavy atom. The number of carbonyl (C=O) groups excluding carboxylic acids is 1. The molecule has 1 fully saturated rings. The van der Waals surface area contributed by atoms with Crippen molar-refractivity contribution in [1.82, 2.24) is 9.78 Å². The van der Waals surface area contributed by atoms with E-state index in [1.807, 2.05) is 13.8 Å². The van der Waals surface area contributed by atoms with E-state index in [1.54, 1.807) is 18.0 Å². The molecule has 2 rings (SSSR count). The number of nitrogens with zero attached hydrogens (tertiary/aromatic N) is 2. The molecule has 5 heteroatoms. The van der Waals surface area contributed by atoms with Gasteiger partial charge >= 0.3 is 0 Å². The molecule has 17 heavy (non-hydrogen) atoms. The summed E-state index contributed by atoms with van der Waals surface area (Å²) in [5.74, 6) is 0.504. The average molecular weight is 238 g/mol. The van der Waals surface area contributed by atoms with Crippen LogP contribution in [0.15, 0.2) is 6.20 Å². The number of rotatable bonds is 4. The third kappa shape index (κ3) is 2.20. The summed E-state index contributed by atoms with van der Waals surface area (Å²) in [6.45, 7) is 4.63. The third-order valence-corrected chi connectivity index (χ3v) is 2.93. The first-order valence-electron chi connectivity index (χ1n) is 5.92. The molecule has 1 aromatic heterocycles. The fourth-order valence-electron chi connectivity index (χ4n) is 2.06. The number of aromatic nitrogens is 2. The maximum Gasteiger partial charge on any atom is 0.213 e. The monoisotopic (exact) mass is 238 g/mol. The molecular weight excluding hydrogens is 220 g/mol. The topological polar surface area (TPSA) is 53.4 Å². The molecule has 0 saturated carbocycles. The second kappa shape index (κ2) is 4.87. The minimum Gasteiger partial charge on any atom is -0.493 e. The quantitative estimate of drug-likeness (QED) is 0.751. The van der Waals surface area contributed by atoms with E-state index in [0.717, 1.165) is 12.8 Å². The highest BCUT2D eigenvalue weighted by molar-refractivity contribution is 6.00. The minimum absolute atomic E-state index is 0.0226. The van der Waals surface area contributed by atoms with Gasteiger partial charge in [0.05, 0.1) is 13.3 Å². The lowest BCUT2D eigenvalue weighted by Crippen LogP contribution is -2.24. The fraction of sp³-hybridized carbons (Fsp3) is 0.667. The smallest absolute Gasteiger partial charge is 0.213 e. The summed E-state index contributed by atoms with van der Waals surface area (Å²) in [7, 11) is 1.55. The minimum atomic E-state index is -0.335. The maximum atomic E-state index is 12.3. The molecule has 0 amide bonds. The highest BCUT2D eigenvalue weighted by atomic mass is 16.5. The molecule has 94 valence electrons. The molecule has 0 bridgehead atoms. The van der Waals surface area contributed by atoms with Crippen molar-refractivity contribution in [3.05, 3.63) is 11.9 Å². The number of hydrogen-bond acceptors (Lipinski definition) is 4. The lowest BCUT2D eigenvalue weighted by atomic mass is 10.1. The van der Waals surface area contributed by atoms with E-state index in [4.69, 9.17) is 9.47 Å². The van der Waals surface area contributed by atoms with Crippen LogP contribution in [0.1, 0.15) is 43.2 Å². The van der Waals surface area contributed by atoms with Crippen molar-refractivity contribution in [3.63, 3.8) is 0 Å². The number of carbonyl (C=O) groups is 1. The molecule has 0 radical (unpaired) electrons. The van der Waals surface area contributed by atoms with Gasteiger partial charge in [0.15, 0.2) is 5.75 Å². The molecule has 0 aliphatic carbocycles. The Balaban J connectivity index is 2.34. The number of ketones is 1. The standard InChI is InChI=1S/C12H18N2O3/c1-8(2)14-11(10(16-3)7-13-14)12(15)9-5-4-6-17-9/h7-9H,4-6H2,1-3H3. The van der Waals surface area contributed by atoms with Crippen LogP contribution in [0.2, 0.25) is 0 Å². The molecule has 1 saturated heterocycles. The second-order valence-electron chi connectivity index (χ2n) is 4.47. The summed E-state index contributed by atoms with van der Waals surface area (Å²) < 4.78 is 12.3. The zero-order valence-electron chi connectivity index (χ0n) is 10.5. The molecule has 1 aromatic rings. The molecule has 0 aromatic carbocycles. The molecular formula is C12H18N2O3. The van der Waals surface area contributed by atoms with Gasteiger partial charge in [-0.25, -0.2) is 0 Å². The Hall–Kier alpha value is -1.36. The van der Waals surface area contributed by atoms with Crippen LogP contribution in [0.3, 0.4) is 0 Å². The van der Waals surface area contributed by atoms with Crippen LogP contribution < -0.4 is 4.74 Å². The normalized spacial score (nSPS) is 19.9. The van der Waals surface area contributed by atoms with Crippen LogP contribution in [-0.4, -0.2) is 35.4 Å². The summed E-state index contributed by atoms with van der Waals surface area (Å²) in [5.41, 5.74) is 0.523. The van der Waals surface area contributed by atoms with Crippen LogP contribution in [-0.2, 0) is 4.74 Å². The molecule has 2 heterocycles. The number of hydrogen-bond donors (Lipinski definition) is 0. The molecule has 1 aliphatic rings. The van der Waals surface area contributed by atoms with Crippen LogP contribution in [0, 0.1) is 0 Å². The number of Topliss-reactive ketones (excluding diaryl/α,β-unsaturated/α-hetero) is 1. The number of ether oxygens (including phenoxy) is 2. The van der Waals surface area contributed by atoms with Gasteiger partial charge in [0.2, 0.25) is 5.78 Å². The van der Waals surface area contributed by atoms with Gasteiger partial charge in [0.1, 0.15) is 11.8 Å². The lowest BCUT2D eigenvalue weighted by molar-refractivity contribution is 0.0627. The zero-order valence-corrected chi connectivity index (χ0v) is 10.5. The van der Waals surface area contributed by atoms with Crippen molar-refractivity contribution in [3.8, 4) is 5.75 Å². The predicted molar refractivity (Wildman–Crippen MR) is 62.5 cm³/mol. The summed E-state index contributed by atoms with van der Waals surface area (Å²) in [6.07, 6.45) is 2.97. The Morgan fingerprint density at radius 2 is 2.41 bits per heavy atom.